The fraction of sp³-hybridized carbons (Fsp3) is 0.176. The molecule has 2 aromatic heterocycles. The summed E-state index contributed by atoms with van der Waals surface area (Å²) >= 11 is 0. The zero-order valence-electron chi connectivity index (χ0n) is 13.7. The molecule has 6 nitrogen and oxygen atoms in total. The number of aromatic nitrogens is 2. The summed E-state index contributed by atoms with van der Waals surface area (Å²) in [7, 11) is -3.04. The maximum absolute atomic E-state index is 13.7. The van der Waals surface area contributed by atoms with E-state index in [4.69, 9.17) is 14.3 Å². The summed E-state index contributed by atoms with van der Waals surface area (Å²) < 4.78 is 56.2. The topological polar surface area (TPSA) is 85.2 Å². The minimum absolute atomic E-state index is 0.0129. The Kier molecular flexibility index (Phi) is 4.99. The van der Waals surface area contributed by atoms with E-state index < -0.39 is 22.4 Å². The number of pyridine rings is 2. The second kappa shape index (κ2) is 7.20. The van der Waals surface area contributed by atoms with Gasteiger partial charge in [-0.3, -0.25) is 4.98 Å². The molecule has 1 atom stereocenters. The van der Waals surface area contributed by atoms with Crippen molar-refractivity contribution >= 4 is 20.6 Å². The minimum Gasteiger partial charge on any atom is -0.488 e. The van der Waals surface area contributed by atoms with Crippen LogP contribution in [0.4, 0.5) is 8.78 Å². The Hall–Kier alpha value is -2.81. The van der Waals surface area contributed by atoms with Crippen LogP contribution in [0.25, 0.3) is 10.9 Å². The van der Waals surface area contributed by atoms with E-state index in [0.717, 1.165) is 6.07 Å². The molecule has 136 valence electrons. The Morgan fingerprint density at radius 2 is 1.92 bits per heavy atom. The van der Waals surface area contributed by atoms with Gasteiger partial charge in [0.15, 0.2) is 0 Å². The van der Waals surface area contributed by atoms with Crippen LogP contribution in [0, 0.1) is 10.6 Å². The third-order valence-corrected chi connectivity index (χ3v) is 4.69. The lowest BCUT2D eigenvalue weighted by Gasteiger charge is -2.11. The Balaban J connectivity index is 1.91. The Morgan fingerprint density at radius 3 is 2.65 bits per heavy atom. The average molecular weight is 379 g/mol. The highest BCUT2D eigenvalue weighted by Crippen LogP contribution is 2.29. The number of halogens is 2. The van der Waals surface area contributed by atoms with Crippen LogP contribution in [0.3, 0.4) is 0 Å². The lowest BCUT2D eigenvalue weighted by molar-refractivity contribution is 0.187. The second-order valence-electron chi connectivity index (χ2n) is 5.50. The van der Waals surface area contributed by atoms with Crippen molar-refractivity contribution in [3.63, 3.8) is 0 Å². The van der Waals surface area contributed by atoms with E-state index in [0.29, 0.717) is 22.2 Å². The van der Waals surface area contributed by atoms with Crippen LogP contribution >= 0.6 is 0 Å². The van der Waals surface area contributed by atoms with Gasteiger partial charge in [0.1, 0.15) is 23.7 Å². The first-order valence-electron chi connectivity index (χ1n) is 7.47. The van der Waals surface area contributed by atoms with Gasteiger partial charge in [-0.05, 0) is 35.9 Å². The molecule has 3 rings (SSSR count). The molecule has 0 spiro atoms. The smallest absolute Gasteiger partial charge is 0.243 e. The molecule has 0 aliphatic rings. The van der Waals surface area contributed by atoms with Gasteiger partial charge in [0.05, 0.1) is 14.6 Å². The summed E-state index contributed by atoms with van der Waals surface area (Å²) in [5.41, 5.74) is 0.770. The van der Waals surface area contributed by atoms with Crippen molar-refractivity contribution in [3.8, 4) is 11.6 Å². The summed E-state index contributed by atoms with van der Waals surface area (Å²) in [5, 5.41) is 0.558. The summed E-state index contributed by atoms with van der Waals surface area (Å²) in [6, 6.07) is 7.04. The zero-order chi connectivity index (χ0) is 18.7. The van der Waals surface area contributed by atoms with Crippen molar-refractivity contribution < 1.29 is 22.5 Å². The van der Waals surface area contributed by atoms with E-state index in [2.05, 4.69) is 9.97 Å². The van der Waals surface area contributed by atoms with E-state index in [-0.39, 0.29) is 17.4 Å². The molecule has 0 bridgehead atoms. The third kappa shape index (κ3) is 3.88. The van der Waals surface area contributed by atoms with E-state index in [1.165, 1.54) is 30.8 Å². The number of hydrogen-bond acceptors (Lipinski definition) is 6. The van der Waals surface area contributed by atoms with Gasteiger partial charge < -0.3 is 9.47 Å². The fourth-order valence-electron chi connectivity index (χ4n) is 2.40. The first-order chi connectivity index (χ1) is 12.4. The molecule has 0 fully saturated rings. The molecule has 0 radical (unpaired) electrons. The molecule has 3 aromatic rings. The van der Waals surface area contributed by atoms with E-state index >= 15 is 0 Å². The van der Waals surface area contributed by atoms with Crippen molar-refractivity contribution in [2.24, 2.45) is 0 Å². The molecule has 9 heteroatoms. The summed E-state index contributed by atoms with van der Waals surface area (Å²) in [6.45, 7) is -1.05. The predicted molar refractivity (Wildman–Crippen MR) is 91.9 cm³/mol. The molecule has 2 heterocycles. The number of hydrogen-bond donors (Lipinski definition) is 1. The summed E-state index contributed by atoms with van der Waals surface area (Å²) in [6.07, 6.45) is 4.13. The minimum atomic E-state index is -3.04. The number of alkyl halides is 1. The summed E-state index contributed by atoms with van der Waals surface area (Å²) in [4.78, 5) is 8.14. The van der Waals surface area contributed by atoms with Crippen molar-refractivity contribution in [3.05, 3.63) is 54.1 Å². The van der Waals surface area contributed by atoms with Crippen LogP contribution in [0.15, 0.2) is 47.6 Å². The maximum Gasteiger partial charge on any atom is 0.243 e. The Bertz CT molecular complexity index is 1060. The number of benzene rings is 1. The lowest BCUT2D eigenvalue weighted by atomic mass is 10.2. The van der Waals surface area contributed by atoms with Gasteiger partial charge in [-0.25, -0.2) is 22.8 Å². The molecule has 26 heavy (non-hydrogen) atoms. The van der Waals surface area contributed by atoms with Gasteiger partial charge in [-0.15, -0.1) is 0 Å². The largest absolute Gasteiger partial charge is 0.488 e. The molecule has 1 N–H and O–H groups in total. The number of fused-ring (bicyclic) bond motifs is 1. The number of nitrogens with one attached hydrogen (secondary N) is 1. The molecule has 0 saturated heterocycles. The van der Waals surface area contributed by atoms with Crippen LogP contribution in [0.2, 0.25) is 0 Å². The molecule has 0 unspecified atom stereocenters. The average Bonchev–Trinajstić information content (AvgIpc) is 2.59. The lowest BCUT2D eigenvalue weighted by Crippen LogP contribution is -2.02. The van der Waals surface area contributed by atoms with Gasteiger partial charge in [0.2, 0.25) is 12.7 Å². The van der Waals surface area contributed by atoms with Gasteiger partial charge in [-0.2, -0.15) is 0 Å². The SMILES string of the molecule is C[S@](=N)(=O)c1cc(F)cc(COc2ccnc3c(OCF)nccc23)c1. The van der Waals surface area contributed by atoms with Crippen LogP contribution in [-0.2, 0) is 16.3 Å². The molecule has 1 aromatic carbocycles. The summed E-state index contributed by atoms with van der Waals surface area (Å²) in [5.74, 6) is -0.121. The first-order valence-corrected chi connectivity index (χ1v) is 9.43. The Morgan fingerprint density at radius 1 is 1.15 bits per heavy atom. The third-order valence-electron chi connectivity index (χ3n) is 3.55. The van der Waals surface area contributed by atoms with Gasteiger partial charge in [-0.1, -0.05) is 0 Å². The molecule has 0 aliphatic heterocycles. The normalized spacial score (nSPS) is 13.3. The molecule has 0 amide bonds. The van der Waals surface area contributed by atoms with Gasteiger partial charge in [0.25, 0.3) is 0 Å². The number of rotatable bonds is 6. The maximum atomic E-state index is 13.7. The van der Waals surface area contributed by atoms with Crippen molar-refractivity contribution in [2.45, 2.75) is 11.5 Å². The van der Waals surface area contributed by atoms with Gasteiger partial charge >= 0.3 is 0 Å². The van der Waals surface area contributed by atoms with E-state index in [1.54, 1.807) is 12.1 Å². The fourth-order valence-corrected chi connectivity index (χ4v) is 3.11. The van der Waals surface area contributed by atoms with Crippen molar-refractivity contribution in [1.29, 1.82) is 4.78 Å². The number of ether oxygens (including phenoxy) is 2. The highest BCUT2D eigenvalue weighted by molar-refractivity contribution is 7.91. The monoisotopic (exact) mass is 379 g/mol. The first kappa shape index (κ1) is 18.0. The van der Waals surface area contributed by atoms with Crippen LogP contribution in [-0.4, -0.2) is 27.3 Å². The molecule has 0 aliphatic carbocycles. The second-order valence-corrected chi connectivity index (χ2v) is 7.66. The van der Waals surface area contributed by atoms with Crippen molar-refractivity contribution in [1.82, 2.24) is 9.97 Å². The Labute approximate surface area is 148 Å². The highest BCUT2D eigenvalue weighted by Gasteiger charge is 2.11. The van der Waals surface area contributed by atoms with E-state index in [1.807, 2.05) is 0 Å². The predicted octanol–water partition coefficient (Wildman–Crippen LogP) is 3.69. The molecular weight excluding hydrogens is 364 g/mol. The van der Waals surface area contributed by atoms with Crippen LogP contribution < -0.4 is 9.47 Å². The standard InChI is InChI=1S/C17H15F2N3O3S/c1-26(20,23)13-7-11(6-12(19)8-13)9-24-15-3-5-21-16-14(15)2-4-22-17(16)25-10-18/h2-8,20H,9-10H2,1H3/t26-/m0/s1. The zero-order valence-corrected chi connectivity index (χ0v) is 14.6. The quantitative estimate of drug-likeness (QED) is 0.706. The highest BCUT2D eigenvalue weighted by atomic mass is 32.2. The van der Waals surface area contributed by atoms with Gasteiger partial charge in [0, 0.05) is 24.0 Å². The van der Waals surface area contributed by atoms with Crippen LogP contribution in [0.1, 0.15) is 5.56 Å². The van der Waals surface area contributed by atoms with Crippen molar-refractivity contribution in [2.75, 3.05) is 13.1 Å². The number of nitrogens with zero attached hydrogens (tertiary/aromatic N) is 2. The van der Waals surface area contributed by atoms with E-state index in [9.17, 15) is 13.0 Å². The molecular formula is C17H15F2N3O3S. The molecule has 0 saturated carbocycles. The van der Waals surface area contributed by atoms with Crippen LogP contribution in [0.5, 0.6) is 11.6 Å².